The second kappa shape index (κ2) is 5.06. The first kappa shape index (κ1) is 12.4. The Morgan fingerprint density at radius 2 is 2.29 bits per heavy atom. The lowest BCUT2D eigenvalue weighted by Crippen LogP contribution is -2.42. The number of aromatic nitrogens is 2. The van der Waals surface area contributed by atoms with E-state index in [1.54, 1.807) is 7.05 Å². The van der Waals surface area contributed by atoms with E-state index >= 15 is 0 Å². The third-order valence-corrected chi connectivity index (χ3v) is 3.48. The van der Waals surface area contributed by atoms with Crippen LogP contribution in [0.4, 0.5) is 11.5 Å². The first-order chi connectivity index (χ1) is 8.13. The van der Waals surface area contributed by atoms with Gasteiger partial charge >= 0.3 is 0 Å². The van der Waals surface area contributed by atoms with Crippen molar-refractivity contribution in [1.29, 1.82) is 0 Å². The molecule has 0 bridgehead atoms. The number of aliphatic hydroxyl groups is 1. The molecule has 1 aromatic heterocycles. The molecule has 1 saturated heterocycles. The van der Waals surface area contributed by atoms with Crippen molar-refractivity contribution in [3.05, 3.63) is 11.5 Å². The molecule has 0 saturated carbocycles. The van der Waals surface area contributed by atoms with Crippen LogP contribution in [0.5, 0.6) is 0 Å². The highest BCUT2D eigenvalue weighted by molar-refractivity contribution is 6.32. The van der Waals surface area contributed by atoms with Gasteiger partial charge in [0.15, 0.2) is 11.0 Å². The second-order valence-electron chi connectivity index (χ2n) is 4.39. The quantitative estimate of drug-likeness (QED) is 0.783. The van der Waals surface area contributed by atoms with E-state index in [1.165, 1.54) is 6.33 Å². The fourth-order valence-corrected chi connectivity index (χ4v) is 2.36. The van der Waals surface area contributed by atoms with Crippen molar-refractivity contribution in [2.24, 2.45) is 5.92 Å². The van der Waals surface area contributed by atoms with Crippen LogP contribution in [0.25, 0.3) is 0 Å². The van der Waals surface area contributed by atoms with Gasteiger partial charge in [0, 0.05) is 20.1 Å². The number of halogens is 1. The highest BCUT2D eigenvalue weighted by Gasteiger charge is 2.26. The van der Waals surface area contributed by atoms with Gasteiger partial charge in [-0.3, -0.25) is 0 Å². The Morgan fingerprint density at radius 1 is 1.53 bits per heavy atom. The summed E-state index contributed by atoms with van der Waals surface area (Å²) in [7, 11) is 1.80. The zero-order valence-corrected chi connectivity index (χ0v) is 10.8. The normalized spacial score (nSPS) is 24.8. The summed E-state index contributed by atoms with van der Waals surface area (Å²) in [5.41, 5.74) is 0.748. The van der Waals surface area contributed by atoms with Crippen LogP contribution in [0.1, 0.15) is 13.3 Å². The molecular formula is C11H17ClN4O. The van der Waals surface area contributed by atoms with Gasteiger partial charge in [0.05, 0.1) is 6.10 Å². The lowest BCUT2D eigenvalue weighted by molar-refractivity contribution is 0.0969. The fraction of sp³-hybridized carbons (Fsp3) is 0.636. The van der Waals surface area contributed by atoms with Gasteiger partial charge in [-0.1, -0.05) is 18.5 Å². The van der Waals surface area contributed by atoms with E-state index in [1.807, 2.05) is 6.92 Å². The van der Waals surface area contributed by atoms with Crippen LogP contribution in [0, 0.1) is 5.92 Å². The van der Waals surface area contributed by atoms with E-state index in [9.17, 15) is 5.11 Å². The Hall–Kier alpha value is -1.07. The molecule has 1 aromatic rings. The van der Waals surface area contributed by atoms with Crippen LogP contribution in [0.15, 0.2) is 6.33 Å². The van der Waals surface area contributed by atoms with E-state index in [2.05, 4.69) is 20.2 Å². The molecule has 2 atom stereocenters. The van der Waals surface area contributed by atoms with Gasteiger partial charge in [-0.25, -0.2) is 9.97 Å². The van der Waals surface area contributed by atoms with Crippen molar-refractivity contribution in [3.63, 3.8) is 0 Å². The predicted molar refractivity (Wildman–Crippen MR) is 68.6 cm³/mol. The third kappa shape index (κ3) is 2.45. The maximum absolute atomic E-state index is 9.72. The zero-order chi connectivity index (χ0) is 12.4. The number of anilines is 2. The number of piperidine rings is 1. The van der Waals surface area contributed by atoms with Crippen LogP contribution in [-0.2, 0) is 0 Å². The highest BCUT2D eigenvalue weighted by Crippen LogP contribution is 2.31. The Balaban J connectivity index is 2.25. The number of hydrogen-bond acceptors (Lipinski definition) is 5. The molecule has 0 aromatic carbocycles. The molecule has 2 rings (SSSR count). The van der Waals surface area contributed by atoms with Gasteiger partial charge < -0.3 is 15.3 Å². The van der Waals surface area contributed by atoms with Gasteiger partial charge in [-0.15, -0.1) is 0 Å². The summed E-state index contributed by atoms with van der Waals surface area (Å²) in [6, 6.07) is 0. The molecule has 0 aliphatic carbocycles. The summed E-state index contributed by atoms with van der Waals surface area (Å²) in [6.07, 6.45) is 2.00. The molecular weight excluding hydrogens is 240 g/mol. The lowest BCUT2D eigenvalue weighted by atomic mass is 9.97. The molecule has 1 aliphatic heterocycles. The second-order valence-corrected chi connectivity index (χ2v) is 4.75. The number of hydrogen-bond donors (Lipinski definition) is 2. The van der Waals surface area contributed by atoms with Crippen LogP contribution in [-0.4, -0.2) is 41.3 Å². The molecule has 94 valence electrons. The van der Waals surface area contributed by atoms with Crippen molar-refractivity contribution in [2.45, 2.75) is 19.4 Å². The molecule has 2 N–H and O–H groups in total. The molecule has 0 spiro atoms. The van der Waals surface area contributed by atoms with Crippen LogP contribution in [0.2, 0.25) is 5.15 Å². The van der Waals surface area contributed by atoms with E-state index in [-0.39, 0.29) is 12.0 Å². The molecule has 1 fully saturated rings. The number of nitrogens with zero attached hydrogens (tertiary/aromatic N) is 3. The van der Waals surface area contributed by atoms with Crippen LogP contribution < -0.4 is 10.2 Å². The van der Waals surface area contributed by atoms with E-state index in [0.717, 1.165) is 31.0 Å². The lowest BCUT2D eigenvalue weighted by Gasteiger charge is -2.35. The average molecular weight is 257 g/mol. The Labute approximate surface area is 106 Å². The maximum Gasteiger partial charge on any atom is 0.157 e. The average Bonchev–Trinajstić information content (AvgIpc) is 2.32. The van der Waals surface area contributed by atoms with Gasteiger partial charge in [0.1, 0.15) is 12.0 Å². The summed E-state index contributed by atoms with van der Waals surface area (Å²) in [6.45, 7) is 3.61. The highest BCUT2D eigenvalue weighted by atomic mass is 35.5. The minimum absolute atomic E-state index is 0.221. The van der Waals surface area contributed by atoms with E-state index in [4.69, 9.17) is 11.6 Å². The first-order valence-electron chi connectivity index (χ1n) is 5.74. The van der Waals surface area contributed by atoms with E-state index < -0.39 is 0 Å². The Kier molecular flexibility index (Phi) is 3.69. The molecule has 2 unspecified atom stereocenters. The van der Waals surface area contributed by atoms with Crippen molar-refractivity contribution < 1.29 is 5.11 Å². The summed E-state index contributed by atoms with van der Waals surface area (Å²) >= 11 is 6.02. The molecule has 6 heteroatoms. The Morgan fingerprint density at radius 3 is 2.94 bits per heavy atom. The number of aliphatic hydroxyl groups excluding tert-OH is 1. The number of rotatable bonds is 2. The maximum atomic E-state index is 9.72. The van der Waals surface area contributed by atoms with Gasteiger partial charge in [-0.05, 0) is 12.3 Å². The van der Waals surface area contributed by atoms with Crippen molar-refractivity contribution in [1.82, 2.24) is 9.97 Å². The molecule has 0 amide bonds. The largest absolute Gasteiger partial charge is 0.393 e. The minimum Gasteiger partial charge on any atom is -0.393 e. The molecule has 2 heterocycles. The van der Waals surface area contributed by atoms with Crippen molar-refractivity contribution >= 4 is 23.1 Å². The van der Waals surface area contributed by atoms with Gasteiger partial charge in [-0.2, -0.15) is 0 Å². The van der Waals surface area contributed by atoms with Gasteiger partial charge in [0.25, 0.3) is 0 Å². The SMILES string of the molecule is CNc1c(Cl)ncnc1N1CCC(O)C(C)C1. The first-order valence-corrected chi connectivity index (χ1v) is 6.12. The molecule has 17 heavy (non-hydrogen) atoms. The van der Waals surface area contributed by atoms with E-state index in [0.29, 0.717) is 5.15 Å². The monoisotopic (exact) mass is 256 g/mol. The fourth-order valence-electron chi connectivity index (χ4n) is 2.14. The van der Waals surface area contributed by atoms with Crippen LogP contribution in [0.3, 0.4) is 0 Å². The van der Waals surface area contributed by atoms with Crippen molar-refractivity contribution in [2.75, 3.05) is 30.4 Å². The minimum atomic E-state index is -0.221. The third-order valence-electron chi connectivity index (χ3n) is 3.19. The smallest absolute Gasteiger partial charge is 0.157 e. The Bertz CT molecular complexity index is 401. The van der Waals surface area contributed by atoms with Crippen molar-refractivity contribution in [3.8, 4) is 0 Å². The van der Waals surface area contributed by atoms with Gasteiger partial charge in [0.2, 0.25) is 0 Å². The molecule has 1 aliphatic rings. The zero-order valence-electron chi connectivity index (χ0n) is 10.0. The standard InChI is InChI=1S/C11H17ClN4O/c1-7-5-16(4-3-8(7)17)11-9(13-2)10(12)14-6-15-11/h6-8,13,17H,3-5H2,1-2H3. The van der Waals surface area contributed by atoms with Crippen LogP contribution >= 0.6 is 11.6 Å². The summed E-state index contributed by atoms with van der Waals surface area (Å²) in [5, 5.41) is 13.2. The predicted octanol–water partition coefficient (Wildman–Crippen LogP) is 1.38. The summed E-state index contributed by atoms with van der Waals surface area (Å²) in [4.78, 5) is 10.4. The summed E-state index contributed by atoms with van der Waals surface area (Å²) in [5.74, 6) is 1.05. The molecule has 5 nitrogen and oxygen atoms in total. The summed E-state index contributed by atoms with van der Waals surface area (Å²) < 4.78 is 0. The topological polar surface area (TPSA) is 61.3 Å². The molecule has 0 radical (unpaired) electrons. The number of nitrogens with one attached hydrogen (secondary N) is 1.